The normalized spacial score (nSPS) is 13.8. The molecule has 0 fully saturated rings. The summed E-state index contributed by atoms with van der Waals surface area (Å²) in [5, 5.41) is 11.8. The molecule has 4 rings (SSSR count). The highest BCUT2D eigenvalue weighted by Crippen LogP contribution is 2.49. The zero-order valence-electron chi connectivity index (χ0n) is 23.7. The average Bonchev–Trinajstić information content (AvgIpc) is 2.95. The Balaban J connectivity index is 1.96. The van der Waals surface area contributed by atoms with Crippen LogP contribution in [-0.2, 0) is 35.3 Å². The Bertz CT molecular complexity index is 1750. The van der Waals surface area contributed by atoms with E-state index >= 15 is 0 Å². The lowest BCUT2D eigenvalue weighted by molar-refractivity contribution is -0.138. The highest BCUT2D eigenvalue weighted by atomic mass is 32.2. The number of amides is 3. The smallest absolute Gasteiger partial charge is 0.313 e. The fourth-order valence-electron chi connectivity index (χ4n) is 5.31. The first-order valence-electron chi connectivity index (χ1n) is 13.5. The molecular formula is C29H32N4O9S2. The van der Waals surface area contributed by atoms with Crippen LogP contribution in [0.2, 0.25) is 0 Å². The first-order chi connectivity index (χ1) is 20.7. The van der Waals surface area contributed by atoms with E-state index in [1.807, 2.05) is 0 Å². The summed E-state index contributed by atoms with van der Waals surface area (Å²) < 4.78 is 60.9. The number of aryl methyl sites for hydroxylation is 1. The number of sulfonamides is 1. The molecule has 3 amide bonds. The van der Waals surface area contributed by atoms with Gasteiger partial charge in [0, 0.05) is 42.0 Å². The molecule has 0 atom stereocenters. The molecule has 1 aliphatic heterocycles. The van der Waals surface area contributed by atoms with Gasteiger partial charge >= 0.3 is 12.0 Å². The molecule has 1 aliphatic rings. The van der Waals surface area contributed by atoms with Gasteiger partial charge in [-0.2, -0.15) is 8.42 Å². The van der Waals surface area contributed by atoms with Gasteiger partial charge in [0.25, 0.3) is 26.0 Å². The second-order valence-electron chi connectivity index (χ2n) is 10.3. The molecule has 0 bridgehead atoms. The number of benzene rings is 3. The summed E-state index contributed by atoms with van der Waals surface area (Å²) in [5.74, 6) is -2.83. The maximum Gasteiger partial charge on any atom is 0.313 e. The zero-order valence-corrected chi connectivity index (χ0v) is 25.3. The van der Waals surface area contributed by atoms with Gasteiger partial charge in [-0.05, 0) is 44.0 Å². The number of carboxylic acid groups (broad SMARTS) is 1. The summed E-state index contributed by atoms with van der Waals surface area (Å²) in [4.78, 5) is 40.4. The van der Waals surface area contributed by atoms with Crippen LogP contribution >= 0.6 is 0 Å². The zero-order chi connectivity index (χ0) is 32.3. The van der Waals surface area contributed by atoms with E-state index in [9.17, 15) is 40.9 Å². The molecule has 0 aromatic heterocycles. The molecule has 44 heavy (non-hydrogen) atoms. The lowest BCUT2D eigenvalue weighted by atomic mass is 9.76. The summed E-state index contributed by atoms with van der Waals surface area (Å²) in [6.45, 7) is 1.31. The van der Waals surface area contributed by atoms with Crippen molar-refractivity contribution in [1.82, 2.24) is 9.62 Å². The minimum atomic E-state index is -4.60. The number of nitrogens with two attached hydrogens (primary N) is 1. The molecule has 0 spiro atoms. The second kappa shape index (κ2) is 12.6. The van der Waals surface area contributed by atoms with Gasteiger partial charge in [0.1, 0.15) is 0 Å². The number of hydrogen-bond donors (Lipinski definition) is 4. The van der Waals surface area contributed by atoms with Crippen LogP contribution in [0, 0.1) is 6.92 Å². The Kier molecular flexibility index (Phi) is 9.32. The first-order valence-corrected chi connectivity index (χ1v) is 16.6. The number of para-hydroxylation sites is 2. The maximum absolute atomic E-state index is 14.9. The van der Waals surface area contributed by atoms with Gasteiger partial charge in [-0.1, -0.05) is 54.1 Å². The molecule has 15 heteroatoms. The van der Waals surface area contributed by atoms with E-state index < -0.39 is 62.3 Å². The molecular weight excluding hydrogens is 612 g/mol. The maximum atomic E-state index is 14.9. The third kappa shape index (κ3) is 6.54. The molecule has 0 saturated heterocycles. The lowest BCUT2D eigenvalue weighted by Gasteiger charge is -2.45. The van der Waals surface area contributed by atoms with Crippen LogP contribution in [0.1, 0.15) is 36.0 Å². The SMILES string of the molecule is Cc1ccc(S(=O)(=O)N(CCCC(=O)O)C(=O)C2(NC(N)=O)c3ccccc3N(CCCS(=O)(=O)O)c3ccccc32)cc1. The molecule has 0 unspecified atom stereocenters. The van der Waals surface area contributed by atoms with Crippen molar-refractivity contribution >= 4 is 49.4 Å². The Morgan fingerprint density at radius 1 is 0.886 bits per heavy atom. The third-order valence-corrected chi connectivity index (χ3v) is 9.80. The van der Waals surface area contributed by atoms with Crippen molar-refractivity contribution in [2.24, 2.45) is 5.73 Å². The summed E-state index contributed by atoms with van der Waals surface area (Å²) in [6.07, 6.45) is -0.656. The van der Waals surface area contributed by atoms with Gasteiger partial charge in [-0.3, -0.25) is 14.1 Å². The van der Waals surface area contributed by atoms with Crippen molar-refractivity contribution < 1.29 is 40.9 Å². The summed E-state index contributed by atoms with van der Waals surface area (Å²) in [5.41, 5.74) is 5.21. The predicted molar refractivity (Wildman–Crippen MR) is 161 cm³/mol. The van der Waals surface area contributed by atoms with Gasteiger partial charge in [0.2, 0.25) is 0 Å². The average molecular weight is 645 g/mol. The van der Waals surface area contributed by atoms with E-state index in [4.69, 9.17) is 5.73 Å². The van der Waals surface area contributed by atoms with Crippen LogP contribution in [0.3, 0.4) is 0 Å². The van der Waals surface area contributed by atoms with Gasteiger partial charge in [0.05, 0.1) is 10.6 Å². The van der Waals surface area contributed by atoms with Crippen molar-refractivity contribution in [3.8, 4) is 0 Å². The number of carboxylic acids is 1. The fourth-order valence-corrected chi connectivity index (χ4v) is 7.26. The lowest BCUT2D eigenvalue weighted by Crippen LogP contribution is -2.62. The van der Waals surface area contributed by atoms with Crippen molar-refractivity contribution in [2.75, 3.05) is 23.7 Å². The van der Waals surface area contributed by atoms with Gasteiger partial charge in [0.15, 0.2) is 5.54 Å². The van der Waals surface area contributed by atoms with E-state index in [1.165, 1.54) is 24.3 Å². The molecule has 13 nitrogen and oxygen atoms in total. The molecule has 234 valence electrons. The molecule has 0 saturated carbocycles. The number of aliphatic carboxylic acids is 1. The topological polar surface area (TPSA) is 204 Å². The van der Waals surface area contributed by atoms with Gasteiger partial charge < -0.3 is 21.1 Å². The Morgan fingerprint density at radius 2 is 1.43 bits per heavy atom. The molecule has 5 N–H and O–H groups in total. The van der Waals surface area contributed by atoms with Crippen molar-refractivity contribution in [1.29, 1.82) is 0 Å². The Hall–Kier alpha value is -4.47. The van der Waals surface area contributed by atoms with Crippen LogP contribution < -0.4 is 16.0 Å². The fraction of sp³-hybridized carbons (Fsp3) is 0.276. The highest BCUT2D eigenvalue weighted by molar-refractivity contribution is 7.89. The molecule has 3 aromatic carbocycles. The minimum absolute atomic E-state index is 0.00515. The van der Waals surface area contributed by atoms with E-state index in [0.717, 1.165) is 5.56 Å². The number of carbonyl (C=O) groups is 3. The molecule has 0 radical (unpaired) electrons. The van der Waals surface area contributed by atoms with Crippen LogP contribution in [-0.4, -0.2) is 67.6 Å². The predicted octanol–water partition coefficient (Wildman–Crippen LogP) is 2.72. The summed E-state index contributed by atoms with van der Waals surface area (Å²) in [6, 6.07) is 17.4. The quantitative estimate of drug-likeness (QED) is 0.212. The standard InChI is InChI=1S/C29H32N4O9S2/c1-20-13-15-21(16-14-20)44(41,42)33(18-6-12-26(34)35)27(36)29(31-28(30)37)22-8-2-4-10-24(22)32(17-7-19-43(38,39)40)25-11-5-3-9-23(25)29/h2-5,8-11,13-16H,6-7,12,17-19H2,1H3,(H,34,35)(H3,30,31,37)(H,38,39,40). The number of carbonyl (C=O) groups excluding carboxylic acids is 2. The Labute approximate surface area is 255 Å². The van der Waals surface area contributed by atoms with Crippen molar-refractivity contribution in [2.45, 2.75) is 36.6 Å². The van der Waals surface area contributed by atoms with Crippen LogP contribution in [0.15, 0.2) is 77.7 Å². The number of nitrogens with zero attached hydrogens (tertiary/aromatic N) is 2. The van der Waals surface area contributed by atoms with Crippen LogP contribution in [0.5, 0.6) is 0 Å². The van der Waals surface area contributed by atoms with E-state index in [0.29, 0.717) is 15.7 Å². The molecule has 1 heterocycles. The van der Waals surface area contributed by atoms with Crippen molar-refractivity contribution in [3.63, 3.8) is 0 Å². The van der Waals surface area contributed by atoms with E-state index in [2.05, 4.69) is 5.32 Å². The second-order valence-corrected chi connectivity index (χ2v) is 13.7. The first kappa shape index (κ1) is 32.4. The minimum Gasteiger partial charge on any atom is -0.481 e. The Morgan fingerprint density at radius 3 is 1.93 bits per heavy atom. The monoisotopic (exact) mass is 644 g/mol. The van der Waals surface area contributed by atoms with E-state index in [1.54, 1.807) is 60.4 Å². The number of rotatable bonds is 12. The number of anilines is 2. The van der Waals surface area contributed by atoms with E-state index in [-0.39, 0.29) is 35.4 Å². The number of hydrogen-bond acceptors (Lipinski definition) is 8. The summed E-state index contributed by atoms with van der Waals surface area (Å²) >= 11 is 0. The van der Waals surface area contributed by atoms with Crippen LogP contribution in [0.25, 0.3) is 0 Å². The van der Waals surface area contributed by atoms with Gasteiger partial charge in [-0.25, -0.2) is 17.5 Å². The molecule has 3 aromatic rings. The van der Waals surface area contributed by atoms with Crippen LogP contribution in [0.4, 0.5) is 16.2 Å². The number of primary amides is 1. The molecule has 0 aliphatic carbocycles. The summed E-state index contributed by atoms with van der Waals surface area (Å²) in [7, 11) is -8.87. The number of nitrogens with one attached hydrogen (secondary N) is 1. The third-order valence-electron chi connectivity index (χ3n) is 7.20. The number of fused-ring (bicyclic) bond motifs is 2. The largest absolute Gasteiger partial charge is 0.481 e. The van der Waals surface area contributed by atoms with Crippen molar-refractivity contribution in [3.05, 3.63) is 89.5 Å². The highest BCUT2D eigenvalue weighted by Gasteiger charge is 2.53. The number of urea groups is 1. The van der Waals surface area contributed by atoms with Gasteiger partial charge in [-0.15, -0.1) is 0 Å².